The molecule has 2 aromatic carbocycles. The first kappa shape index (κ1) is 19.5. The van der Waals surface area contributed by atoms with Gasteiger partial charge >= 0.3 is 0 Å². The molecule has 2 heterocycles. The second-order valence-electron chi connectivity index (χ2n) is 6.74. The predicted molar refractivity (Wildman–Crippen MR) is 111 cm³/mol. The number of amides is 1. The van der Waals surface area contributed by atoms with Crippen molar-refractivity contribution in [2.45, 2.75) is 12.6 Å². The molecule has 1 N–H and O–H groups in total. The highest BCUT2D eigenvalue weighted by Gasteiger charge is 2.44. The summed E-state index contributed by atoms with van der Waals surface area (Å²) in [4.78, 5) is 38.3. The van der Waals surface area contributed by atoms with Crippen LogP contribution < -0.4 is 0 Å². The Labute approximate surface area is 175 Å². The van der Waals surface area contributed by atoms with E-state index in [1.165, 1.54) is 40.5 Å². The largest absolute Gasteiger partial charge is 0.503 e. The van der Waals surface area contributed by atoms with Crippen molar-refractivity contribution in [1.29, 1.82) is 0 Å². The number of Topliss-reactive ketones (excluding diaryl/α,β-unsaturated/α-hetero) is 1. The maximum absolute atomic E-state index is 13.1. The van der Waals surface area contributed by atoms with Crippen molar-refractivity contribution in [2.75, 3.05) is 0 Å². The fourth-order valence-corrected chi connectivity index (χ4v) is 4.17. The highest BCUT2D eigenvalue weighted by atomic mass is 32.1. The molecule has 0 radical (unpaired) electrons. The van der Waals surface area contributed by atoms with E-state index in [2.05, 4.69) is 0 Å². The predicted octanol–water partition coefficient (Wildman–Crippen LogP) is 4.43. The molecule has 30 heavy (non-hydrogen) atoms. The van der Waals surface area contributed by atoms with E-state index >= 15 is 0 Å². The number of carbonyl (C=O) groups is 2. The number of rotatable bonds is 6. The first-order valence-electron chi connectivity index (χ1n) is 9.08. The zero-order valence-electron chi connectivity index (χ0n) is 15.6. The minimum atomic E-state index is -0.854. The highest BCUT2D eigenvalue weighted by molar-refractivity contribution is 7.12. The number of nitrogens with zero attached hydrogens (tertiary/aromatic N) is 2. The summed E-state index contributed by atoms with van der Waals surface area (Å²) < 4.78 is 0. The van der Waals surface area contributed by atoms with Gasteiger partial charge in [-0.3, -0.25) is 19.7 Å². The topological polar surface area (TPSA) is 101 Å². The lowest BCUT2D eigenvalue weighted by molar-refractivity contribution is -0.384. The molecule has 150 valence electrons. The lowest BCUT2D eigenvalue weighted by atomic mass is 9.95. The summed E-state index contributed by atoms with van der Waals surface area (Å²) >= 11 is 1.22. The Morgan fingerprint density at radius 1 is 1.07 bits per heavy atom. The van der Waals surface area contributed by atoms with Crippen LogP contribution >= 0.6 is 11.3 Å². The average molecular weight is 420 g/mol. The normalized spacial score (nSPS) is 16.2. The molecule has 0 saturated carbocycles. The summed E-state index contributed by atoms with van der Waals surface area (Å²) in [5.74, 6) is -1.68. The molecule has 0 aliphatic carbocycles. The Morgan fingerprint density at radius 3 is 2.37 bits per heavy atom. The molecule has 1 aromatic heterocycles. The van der Waals surface area contributed by atoms with Gasteiger partial charge in [0.2, 0.25) is 5.78 Å². The van der Waals surface area contributed by atoms with Crippen molar-refractivity contribution in [1.82, 2.24) is 4.90 Å². The summed E-state index contributed by atoms with van der Waals surface area (Å²) in [7, 11) is 0. The Balaban J connectivity index is 1.79. The lowest BCUT2D eigenvalue weighted by Gasteiger charge is -2.26. The van der Waals surface area contributed by atoms with Crippen LogP contribution in [-0.4, -0.2) is 26.6 Å². The van der Waals surface area contributed by atoms with Crippen molar-refractivity contribution >= 4 is 28.7 Å². The van der Waals surface area contributed by atoms with E-state index < -0.39 is 28.4 Å². The van der Waals surface area contributed by atoms with Crippen LogP contribution in [0.4, 0.5) is 5.69 Å². The molecule has 0 bridgehead atoms. The molecule has 0 fully saturated rings. The number of aliphatic hydroxyl groups excluding tert-OH is 1. The van der Waals surface area contributed by atoms with E-state index in [-0.39, 0.29) is 17.8 Å². The minimum absolute atomic E-state index is 0.0211. The van der Waals surface area contributed by atoms with Crippen molar-refractivity contribution in [3.63, 3.8) is 0 Å². The monoisotopic (exact) mass is 420 g/mol. The number of benzene rings is 2. The second kappa shape index (κ2) is 7.92. The molecule has 4 rings (SSSR count). The summed E-state index contributed by atoms with van der Waals surface area (Å²) in [6, 6.07) is 17.4. The fraction of sp³-hybridized carbons (Fsp3) is 0.0909. The molecule has 1 atom stereocenters. The zero-order valence-corrected chi connectivity index (χ0v) is 16.4. The molecule has 8 heteroatoms. The van der Waals surface area contributed by atoms with Crippen LogP contribution in [0.1, 0.15) is 26.8 Å². The van der Waals surface area contributed by atoms with E-state index in [4.69, 9.17) is 0 Å². The molecule has 7 nitrogen and oxygen atoms in total. The number of carbonyl (C=O) groups excluding carboxylic acids is 2. The molecular weight excluding hydrogens is 404 g/mol. The fourth-order valence-electron chi connectivity index (χ4n) is 3.49. The van der Waals surface area contributed by atoms with Gasteiger partial charge in [-0.25, -0.2) is 0 Å². The van der Waals surface area contributed by atoms with Gasteiger partial charge < -0.3 is 10.0 Å². The maximum atomic E-state index is 13.1. The molecule has 0 saturated heterocycles. The van der Waals surface area contributed by atoms with Crippen LogP contribution in [0.5, 0.6) is 0 Å². The van der Waals surface area contributed by atoms with Gasteiger partial charge in [-0.15, -0.1) is 11.3 Å². The molecule has 1 amide bonds. The standard InChI is InChI=1S/C22H16N2O5S/c25-20(17-7-4-12-30-17)18-19(15-8-10-16(11-9-15)24(28)29)23(22(27)21(18)26)13-14-5-2-1-3-6-14/h1-12,19,26H,13H2. The Morgan fingerprint density at radius 2 is 1.77 bits per heavy atom. The third kappa shape index (κ3) is 3.48. The smallest absolute Gasteiger partial charge is 0.290 e. The highest BCUT2D eigenvalue weighted by Crippen LogP contribution is 2.40. The third-order valence-corrected chi connectivity index (χ3v) is 5.78. The number of thiophene rings is 1. The van der Waals surface area contributed by atoms with Gasteiger partial charge in [0.1, 0.15) is 0 Å². The number of aliphatic hydroxyl groups is 1. The van der Waals surface area contributed by atoms with Gasteiger partial charge in [0.25, 0.3) is 11.6 Å². The van der Waals surface area contributed by atoms with Crippen LogP contribution in [0.25, 0.3) is 0 Å². The lowest BCUT2D eigenvalue weighted by Crippen LogP contribution is -2.30. The van der Waals surface area contributed by atoms with Crippen LogP contribution in [0.2, 0.25) is 0 Å². The van der Waals surface area contributed by atoms with Crippen molar-refractivity contribution < 1.29 is 19.6 Å². The number of ketones is 1. The molecule has 0 spiro atoms. The SMILES string of the molecule is O=C(C1=C(O)C(=O)N(Cc2ccccc2)C1c1ccc([N+](=O)[O-])cc1)c1cccs1. The van der Waals surface area contributed by atoms with Gasteiger partial charge in [-0.1, -0.05) is 36.4 Å². The Hall–Kier alpha value is -3.78. The zero-order chi connectivity index (χ0) is 21.3. The average Bonchev–Trinajstić information content (AvgIpc) is 3.37. The summed E-state index contributed by atoms with van der Waals surface area (Å²) in [5.41, 5.74) is 1.22. The molecule has 1 aliphatic rings. The number of nitro groups is 1. The maximum Gasteiger partial charge on any atom is 0.290 e. The number of hydrogen-bond acceptors (Lipinski definition) is 6. The van der Waals surface area contributed by atoms with E-state index in [0.29, 0.717) is 10.4 Å². The van der Waals surface area contributed by atoms with Gasteiger partial charge in [-0.2, -0.15) is 0 Å². The minimum Gasteiger partial charge on any atom is -0.503 e. The summed E-state index contributed by atoms with van der Waals surface area (Å²) in [6.45, 7) is 0.173. The van der Waals surface area contributed by atoms with Crippen LogP contribution in [0.3, 0.4) is 0 Å². The second-order valence-corrected chi connectivity index (χ2v) is 7.69. The third-order valence-electron chi connectivity index (χ3n) is 4.91. The van der Waals surface area contributed by atoms with Gasteiger partial charge in [0.15, 0.2) is 5.76 Å². The van der Waals surface area contributed by atoms with E-state index in [9.17, 15) is 24.8 Å². The van der Waals surface area contributed by atoms with Crippen molar-refractivity contribution in [2.24, 2.45) is 0 Å². The molecule has 1 aliphatic heterocycles. The van der Waals surface area contributed by atoms with Gasteiger partial charge in [-0.05, 0) is 34.7 Å². The first-order chi connectivity index (χ1) is 14.5. The number of nitro benzene ring substituents is 1. The molecule has 1 unspecified atom stereocenters. The van der Waals surface area contributed by atoms with Crippen molar-refractivity contribution in [3.05, 3.63) is 110 Å². The number of non-ortho nitro benzene ring substituents is 1. The van der Waals surface area contributed by atoms with Crippen LogP contribution in [0, 0.1) is 10.1 Å². The quantitative estimate of drug-likeness (QED) is 0.361. The van der Waals surface area contributed by atoms with E-state index in [1.807, 2.05) is 30.3 Å². The van der Waals surface area contributed by atoms with Gasteiger partial charge in [0, 0.05) is 18.7 Å². The first-order valence-corrected chi connectivity index (χ1v) is 9.96. The van der Waals surface area contributed by atoms with Crippen LogP contribution in [-0.2, 0) is 11.3 Å². The summed E-state index contributed by atoms with van der Waals surface area (Å²) in [5, 5.41) is 23.4. The molecular formula is C22H16N2O5S. The summed E-state index contributed by atoms with van der Waals surface area (Å²) in [6.07, 6.45) is 0. The number of hydrogen-bond donors (Lipinski definition) is 1. The van der Waals surface area contributed by atoms with E-state index in [1.54, 1.807) is 17.5 Å². The Bertz CT molecular complexity index is 1140. The Kier molecular flexibility index (Phi) is 5.16. The van der Waals surface area contributed by atoms with E-state index in [0.717, 1.165) is 5.56 Å². The molecule has 3 aromatic rings. The van der Waals surface area contributed by atoms with Crippen LogP contribution in [0.15, 0.2) is 83.4 Å². The van der Waals surface area contributed by atoms with Crippen molar-refractivity contribution in [3.8, 4) is 0 Å². The van der Waals surface area contributed by atoms with Gasteiger partial charge in [0.05, 0.1) is 21.4 Å².